The molecule has 1 aromatic carbocycles. The van der Waals surface area contributed by atoms with Crippen LogP contribution in [0.5, 0.6) is 0 Å². The summed E-state index contributed by atoms with van der Waals surface area (Å²) in [4.78, 5) is -0.332. The molecule has 0 fully saturated rings. The molecule has 0 atom stereocenters. The molecule has 0 unspecified atom stereocenters. The second kappa shape index (κ2) is 6.51. The normalized spacial score (nSPS) is 12.7. The Morgan fingerprint density at radius 2 is 1.90 bits per heavy atom. The van der Waals surface area contributed by atoms with Gasteiger partial charge in [0.1, 0.15) is 10.7 Å². The molecule has 0 radical (unpaired) electrons. The van der Waals surface area contributed by atoms with E-state index in [1.165, 1.54) is 6.07 Å². The molecule has 0 saturated carbocycles. The summed E-state index contributed by atoms with van der Waals surface area (Å²) in [6, 6.07) is 2.84. The van der Waals surface area contributed by atoms with Crippen molar-refractivity contribution in [3.05, 3.63) is 28.0 Å². The number of hydrogen-bond donors (Lipinski definition) is 2. The van der Waals surface area contributed by atoms with Crippen LogP contribution in [0.25, 0.3) is 0 Å². The van der Waals surface area contributed by atoms with Gasteiger partial charge in [-0.05, 0) is 24.6 Å². The predicted octanol–water partition coefficient (Wildman–Crippen LogP) is 2.63. The molecule has 2 N–H and O–H groups in total. The minimum absolute atomic E-state index is 0.219. The van der Waals surface area contributed by atoms with E-state index in [4.69, 9.17) is 0 Å². The van der Waals surface area contributed by atoms with Gasteiger partial charge in [0.2, 0.25) is 10.0 Å². The molecule has 114 valence electrons. The number of halogens is 2. The van der Waals surface area contributed by atoms with Crippen molar-refractivity contribution in [2.75, 3.05) is 13.6 Å². The highest BCUT2D eigenvalue weighted by atomic mass is 79.9. The van der Waals surface area contributed by atoms with Crippen LogP contribution in [0, 0.1) is 11.2 Å². The van der Waals surface area contributed by atoms with E-state index in [0.29, 0.717) is 10.0 Å². The van der Waals surface area contributed by atoms with Gasteiger partial charge in [-0.1, -0.05) is 36.7 Å². The first-order valence-electron chi connectivity index (χ1n) is 6.19. The first kappa shape index (κ1) is 17.6. The summed E-state index contributed by atoms with van der Waals surface area (Å²) < 4.78 is 41.7. The lowest BCUT2D eigenvalue weighted by Crippen LogP contribution is -2.33. The first-order chi connectivity index (χ1) is 9.07. The summed E-state index contributed by atoms with van der Waals surface area (Å²) in [6.07, 6.45) is 0. The topological polar surface area (TPSA) is 58.2 Å². The highest BCUT2D eigenvalue weighted by Gasteiger charge is 2.24. The minimum Gasteiger partial charge on any atom is -0.316 e. The van der Waals surface area contributed by atoms with Crippen molar-refractivity contribution in [1.29, 1.82) is 0 Å². The van der Waals surface area contributed by atoms with Gasteiger partial charge in [0, 0.05) is 23.1 Å². The van der Waals surface area contributed by atoms with E-state index in [0.717, 1.165) is 0 Å². The summed E-state index contributed by atoms with van der Waals surface area (Å²) in [5.74, 6) is -0.719. The van der Waals surface area contributed by atoms with Crippen LogP contribution in [0.15, 0.2) is 21.5 Å². The lowest BCUT2D eigenvalue weighted by molar-refractivity contribution is 0.407. The highest BCUT2D eigenvalue weighted by Crippen LogP contribution is 2.24. The fraction of sp³-hybridized carbons (Fsp3) is 0.538. The van der Waals surface area contributed by atoms with E-state index >= 15 is 0 Å². The minimum atomic E-state index is -3.87. The maximum absolute atomic E-state index is 14.3. The SMILES string of the molecule is CNCc1cc(Br)cc(S(=O)(=O)NCC(C)(C)C)c1F. The first-order valence-corrected chi connectivity index (χ1v) is 8.46. The monoisotopic (exact) mass is 366 g/mol. The van der Waals surface area contributed by atoms with Gasteiger partial charge in [-0.25, -0.2) is 17.5 Å². The molecule has 1 aromatic rings. The third-order valence-electron chi connectivity index (χ3n) is 2.53. The van der Waals surface area contributed by atoms with Crippen molar-refractivity contribution in [3.63, 3.8) is 0 Å². The van der Waals surface area contributed by atoms with Crippen LogP contribution in [0.1, 0.15) is 26.3 Å². The number of nitrogens with one attached hydrogen (secondary N) is 2. The standard InChI is InChI=1S/C13H20BrFN2O2S/c1-13(2,3)8-17-20(18,19)11-6-10(14)5-9(7-16-4)12(11)15/h5-6,16-17H,7-8H2,1-4H3. The Morgan fingerprint density at radius 3 is 2.40 bits per heavy atom. The molecule has 0 amide bonds. The van der Waals surface area contributed by atoms with Crippen LogP contribution in [-0.4, -0.2) is 22.0 Å². The number of hydrogen-bond acceptors (Lipinski definition) is 3. The van der Waals surface area contributed by atoms with Crippen molar-refractivity contribution in [2.45, 2.75) is 32.2 Å². The van der Waals surface area contributed by atoms with Crippen molar-refractivity contribution in [1.82, 2.24) is 10.0 Å². The third-order valence-corrected chi connectivity index (χ3v) is 4.39. The van der Waals surface area contributed by atoms with Gasteiger partial charge in [-0.2, -0.15) is 0 Å². The van der Waals surface area contributed by atoms with Gasteiger partial charge in [-0.3, -0.25) is 0 Å². The Kier molecular flexibility index (Phi) is 5.71. The van der Waals surface area contributed by atoms with Crippen LogP contribution >= 0.6 is 15.9 Å². The molecule has 0 aromatic heterocycles. The molecule has 0 aliphatic carbocycles. The molecule has 0 heterocycles. The molecule has 4 nitrogen and oxygen atoms in total. The average molecular weight is 367 g/mol. The smallest absolute Gasteiger partial charge is 0.243 e. The van der Waals surface area contributed by atoms with Crippen molar-refractivity contribution in [2.24, 2.45) is 5.41 Å². The van der Waals surface area contributed by atoms with Crippen molar-refractivity contribution in [3.8, 4) is 0 Å². The number of rotatable bonds is 5. The molecular weight excluding hydrogens is 347 g/mol. The van der Waals surface area contributed by atoms with Crippen LogP contribution in [0.2, 0.25) is 0 Å². The van der Waals surface area contributed by atoms with E-state index < -0.39 is 15.8 Å². The van der Waals surface area contributed by atoms with Gasteiger partial charge in [0.25, 0.3) is 0 Å². The fourth-order valence-electron chi connectivity index (χ4n) is 1.52. The van der Waals surface area contributed by atoms with Gasteiger partial charge in [0.05, 0.1) is 0 Å². The zero-order valence-corrected chi connectivity index (χ0v) is 14.5. The van der Waals surface area contributed by atoms with Crippen LogP contribution in [0.4, 0.5) is 4.39 Å². The summed E-state index contributed by atoms with van der Waals surface area (Å²) in [7, 11) is -2.20. The van der Waals surface area contributed by atoms with E-state index in [1.807, 2.05) is 20.8 Å². The fourth-order valence-corrected chi connectivity index (χ4v) is 3.61. The van der Waals surface area contributed by atoms with E-state index in [-0.39, 0.29) is 23.4 Å². The summed E-state index contributed by atoms with van der Waals surface area (Å²) in [5, 5.41) is 2.81. The van der Waals surface area contributed by atoms with E-state index in [2.05, 4.69) is 26.0 Å². The van der Waals surface area contributed by atoms with Gasteiger partial charge >= 0.3 is 0 Å². The third kappa shape index (κ3) is 4.80. The Balaban J connectivity index is 3.18. The maximum Gasteiger partial charge on any atom is 0.243 e. The molecule has 0 aliphatic heterocycles. The molecular formula is C13H20BrFN2O2S. The summed E-state index contributed by atoms with van der Waals surface area (Å²) in [5.41, 5.74) is 0.0848. The van der Waals surface area contributed by atoms with Crippen LogP contribution in [-0.2, 0) is 16.6 Å². The van der Waals surface area contributed by atoms with Crippen LogP contribution in [0.3, 0.4) is 0 Å². The molecule has 20 heavy (non-hydrogen) atoms. The van der Waals surface area contributed by atoms with E-state index in [1.54, 1.807) is 13.1 Å². The van der Waals surface area contributed by atoms with Crippen LogP contribution < -0.4 is 10.0 Å². The van der Waals surface area contributed by atoms with Gasteiger partial charge < -0.3 is 5.32 Å². The summed E-state index contributed by atoms with van der Waals surface area (Å²) in [6.45, 7) is 6.20. The molecule has 0 spiro atoms. The summed E-state index contributed by atoms with van der Waals surface area (Å²) >= 11 is 3.21. The Hall–Kier alpha value is -0.500. The number of benzene rings is 1. The Morgan fingerprint density at radius 1 is 1.30 bits per heavy atom. The predicted molar refractivity (Wildman–Crippen MR) is 81.5 cm³/mol. The number of sulfonamides is 1. The molecule has 1 rings (SSSR count). The quantitative estimate of drug-likeness (QED) is 0.841. The molecule has 0 saturated heterocycles. The average Bonchev–Trinajstić information content (AvgIpc) is 2.30. The molecule has 0 bridgehead atoms. The highest BCUT2D eigenvalue weighted by molar-refractivity contribution is 9.10. The zero-order valence-electron chi connectivity index (χ0n) is 12.0. The Labute approximate surface area is 128 Å². The molecule has 7 heteroatoms. The zero-order chi connectivity index (χ0) is 15.6. The van der Waals surface area contributed by atoms with Crippen molar-refractivity contribution < 1.29 is 12.8 Å². The Bertz CT molecular complexity index is 583. The second-order valence-corrected chi connectivity index (χ2v) is 8.44. The maximum atomic E-state index is 14.3. The molecule has 0 aliphatic rings. The lowest BCUT2D eigenvalue weighted by Gasteiger charge is -2.19. The largest absolute Gasteiger partial charge is 0.316 e. The second-order valence-electron chi connectivity index (χ2n) is 5.79. The lowest BCUT2D eigenvalue weighted by atomic mass is 9.98. The van der Waals surface area contributed by atoms with E-state index in [9.17, 15) is 12.8 Å². The van der Waals surface area contributed by atoms with Crippen molar-refractivity contribution >= 4 is 26.0 Å². The van der Waals surface area contributed by atoms with Gasteiger partial charge in [-0.15, -0.1) is 0 Å². The van der Waals surface area contributed by atoms with Gasteiger partial charge in [0.15, 0.2) is 0 Å².